The van der Waals surface area contributed by atoms with Crippen molar-refractivity contribution in [2.75, 3.05) is 6.61 Å². The maximum Gasteiger partial charge on any atom is 0.222 e. The van der Waals surface area contributed by atoms with E-state index in [0.717, 1.165) is 6.61 Å². The van der Waals surface area contributed by atoms with Gasteiger partial charge in [-0.3, -0.25) is 0 Å². The molecule has 0 fully saturated rings. The first-order chi connectivity index (χ1) is 11.7. The molecule has 0 saturated heterocycles. The van der Waals surface area contributed by atoms with Crippen LogP contribution in [0.3, 0.4) is 0 Å². The summed E-state index contributed by atoms with van der Waals surface area (Å²) in [5.41, 5.74) is 0. The Kier molecular flexibility index (Phi) is 14.4. The second-order valence-electron chi connectivity index (χ2n) is 9.92. The van der Waals surface area contributed by atoms with Gasteiger partial charge in [0, 0.05) is 6.61 Å². The third-order valence-corrected chi connectivity index (χ3v) is 8.07. The molecule has 2 heteroatoms. The molecule has 25 heavy (non-hydrogen) atoms. The lowest BCUT2D eigenvalue weighted by molar-refractivity contribution is 0.272. The second kappa shape index (κ2) is 14.3. The Hall–Kier alpha value is 0.177. The Bertz CT molecular complexity index is 273. The number of hydrogen-bond acceptors (Lipinski definition) is 1. The average molecular weight is 370 g/mol. The molecule has 0 rings (SSSR count). The first-order valence-corrected chi connectivity index (χ1v) is 12.6. The molecule has 0 bridgehead atoms. The summed E-state index contributed by atoms with van der Waals surface area (Å²) in [5, 5.41) is 0.638. The molecule has 1 nitrogen and oxygen atoms in total. The molecule has 0 aliphatic carbocycles. The first-order valence-electron chi connectivity index (χ1n) is 11.2. The molecule has 0 atom stereocenters. The van der Waals surface area contributed by atoms with Crippen LogP contribution >= 0.6 is 0 Å². The molecule has 0 aromatic rings. The van der Waals surface area contributed by atoms with Gasteiger partial charge in [-0.2, -0.15) is 0 Å². The van der Waals surface area contributed by atoms with Gasteiger partial charge in [-0.15, -0.1) is 0 Å². The third-order valence-electron chi connectivity index (χ3n) is 4.86. The van der Waals surface area contributed by atoms with Crippen LogP contribution in [0.2, 0.25) is 10.1 Å². The van der Waals surface area contributed by atoms with Crippen molar-refractivity contribution < 1.29 is 4.43 Å². The minimum Gasteiger partial charge on any atom is -0.416 e. The lowest BCUT2D eigenvalue weighted by Crippen LogP contribution is -2.38. The van der Waals surface area contributed by atoms with Gasteiger partial charge in [0.15, 0.2) is 0 Å². The molecule has 0 aromatic heterocycles. The molecule has 0 spiro atoms. The van der Waals surface area contributed by atoms with Crippen LogP contribution in [0.25, 0.3) is 0 Å². The summed E-state index contributed by atoms with van der Waals surface area (Å²) in [6.07, 6.45) is 18.4. The molecule has 0 aliphatic heterocycles. The Morgan fingerprint density at radius 2 is 0.840 bits per heavy atom. The molecule has 0 aromatic carbocycles. The van der Waals surface area contributed by atoms with Crippen LogP contribution in [-0.2, 0) is 4.43 Å². The van der Waals surface area contributed by atoms with Crippen LogP contribution in [0.1, 0.15) is 132 Å². The molecular weight excluding hydrogens is 320 g/mol. The van der Waals surface area contributed by atoms with Crippen molar-refractivity contribution in [1.82, 2.24) is 0 Å². The smallest absolute Gasteiger partial charge is 0.222 e. The second-order valence-corrected chi connectivity index (χ2v) is 13.9. The van der Waals surface area contributed by atoms with E-state index in [1.165, 1.54) is 83.5 Å². The fourth-order valence-electron chi connectivity index (χ4n) is 3.85. The molecule has 0 N–H and O–H groups in total. The maximum atomic E-state index is 6.37. The number of rotatable bonds is 15. The van der Waals surface area contributed by atoms with Gasteiger partial charge in [-0.1, -0.05) is 126 Å². The zero-order valence-corrected chi connectivity index (χ0v) is 19.8. The van der Waals surface area contributed by atoms with E-state index in [1.807, 2.05) is 0 Å². The third kappa shape index (κ3) is 15.0. The van der Waals surface area contributed by atoms with Crippen LogP contribution in [0.15, 0.2) is 0 Å². The highest BCUT2D eigenvalue weighted by Crippen LogP contribution is 2.42. The maximum absolute atomic E-state index is 6.37. The van der Waals surface area contributed by atoms with E-state index in [2.05, 4.69) is 48.5 Å². The Labute approximate surface area is 162 Å². The summed E-state index contributed by atoms with van der Waals surface area (Å²) >= 11 is 0. The van der Waals surface area contributed by atoms with Gasteiger partial charge in [0.25, 0.3) is 0 Å². The Morgan fingerprint density at radius 3 is 1.16 bits per heavy atom. The van der Waals surface area contributed by atoms with Crippen molar-refractivity contribution in [3.8, 4) is 0 Å². The van der Waals surface area contributed by atoms with Crippen LogP contribution in [0.5, 0.6) is 0 Å². The topological polar surface area (TPSA) is 9.23 Å². The van der Waals surface area contributed by atoms with E-state index in [0.29, 0.717) is 10.1 Å². The van der Waals surface area contributed by atoms with Crippen molar-refractivity contribution >= 4 is 9.04 Å². The summed E-state index contributed by atoms with van der Waals surface area (Å²) in [4.78, 5) is 0. The number of hydrogen-bond donors (Lipinski definition) is 0. The molecule has 0 unspecified atom stereocenters. The summed E-state index contributed by atoms with van der Waals surface area (Å²) < 4.78 is 6.37. The van der Waals surface area contributed by atoms with Gasteiger partial charge in [0.1, 0.15) is 0 Å². The molecule has 151 valence electrons. The van der Waals surface area contributed by atoms with Crippen LogP contribution < -0.4 is 0 Å². The van der Waals surface area contributed by atoms with E-state index in [4.69, 9.17) is 4.43 Å². The van der Waals surface area contributed by atoms with Gasteiger partial charge in [-0.05, 0) is 16.5 Å². The lowest BCUT2D eigenvalue weighted by Gasteiger charge is -2.37. The predicted molar refractivity (Wildman–Crippen MR) is 117 cm³/mol. The quantitative estimate of drug-likeness (QED) is 0.207. The van der Waals surface area contributed by atoms with Crippen molar-refractivity contribution in [1.29, 1.82) is 0 Å². The number of unbranched alkanes of at least 4 members (excludes halogenated alkanes) is 12. The standard InChI is InChI=1S/C23H49OSi/c1-8-9-10-11-12-13-14-15-16-17-18-19-20-21-24-25(22(2,3)4)23(5,6)7/h8-21H2,1-7H3. The zero-order valence-electron chi connectivity index (χ0n) is 18.8. The van der Waals surface area contributed by atoms with Gasteiger partial charge < -0.3 is 4.43 Å². The van der Waals surface area contributed by atoms with E-state index in [1.54, 1.807) is 0 Å². The predicted octanol–water partition coefficient (Wildman–Crippen LogP) is 8.69. The fraction of sp³-hybridized carbons (Fsp3) is 1.00. The molecular formula is C23H49OSi. The van der Waals surface area contributed by atoms with Gasteiger partial charge in [0.05, 0.1) is 0 Å². The average Bonchev–Trinajstić information content (AvgIpc) is 2.48. The van der Waals surface area contributed by atoms with Crippen LogP contribution in [0.4, 0.5) is 0 Å². The minimum absolute atomic E-state index is 0.319. The summed E-state index contributed by atoms with van der Waals surface area (Å²) in [7, 11) is -0.791. The molecule has 0 heterocycles. The van der Waals surface area contributed by atoms with Crippen molar-refractivity contribution in [3.05, 3.63) is 0 Å². The zero-order chi connectivity index (χ0) is 19.2. The SMILES string of the molecule is CCCCCCCCCCCCCCCO[Si](C(C)(C)C)C(C)(C)C. The van der Waals surface area contributed by atoms with E-state index < -0.39 is 9.04 Å². The van der Waals surface area contributed by atoms with E-state index in [9.17, 15) is 0 Å². The monoisotopic (exact) mass is 369 g/mol. The normalized spacial score (nSPS) is 13.0. The van der Waals surface area contributed by atoms with Gasteiger partial charge in [-0.25, -0.2) is 0 Å². The Morgan fingerprint density at radius 1 is 0.520 bits per heavy atom. The lowest BCUT2D eigenvalue weighted by atomic mass is 10.0. The van der Waals surface area contributed by atoms with Crippen molar-refractivity contribution in [3.63, 3.8) is 0 Å². The van der Waals surface area contributed by atoms with E-state index >= 15 is 0 Å². The summed E-state index contributed by atoms with van der Waals surface area (Å²) in [5.74, 6) is 0. The fourth-order valence-corrected chi connectivity index (χ4v) is 7.32. The van der Waals surface area contributed by atoms with Crippen LogP contribution in [-0.4, -0.2) is 15.6 Å². The molecule has 0 amide bonds. The Balaban J connectivity index is 3.46. The summed E-state index contributed by atoms with van der Waals surface area (Å²) in [6.45, 7) is 17.3. The van der Waals surface area contributed by atoms with Crippen molar-refractivity contribution in [2.45, 2.75) is 142 Å². The van der Waals surface area contributed by atoms with E-state index in [-0.39, 0.29) is 0 Å². The minimum atomic E-state index is -0.791. The van der Waals surface area contributed by atoms with Crippen LogP contribution in [0, 0.1) is 0 Å². The molecule has 0 aliphatic rings. The molecule has 1 radical (unpaired) electrons. The van der Waals surface area contributed by atoms with Gasteiger partial charge in [0.2, 0.25) is 9.04 Å². The highest BCUT2D eigenvalue weighted by molar-refractivity contribution is 6.58. The first kappa shape index (κ1) is 25.2. The summed E-state index contributed by atoms with van der Waals surface area (Å²) in [6, 6.07) is 0. The molecule has 0 saturated carbocycles. The van der Waals surface area contributed by atoms with Gasteiger partial charge >= 0.3 is 0 Å². The highest BCUT2D eigenvalue weighted by atomic mass is 28.3. The highest BCUT2D eigenvalue weighted by Gasteiger charge is 2.39. The van der Waals surface area contributed by atoms with Crippen molar-refractivity contribution in [2.24, 2.45) is 0 Å². The largest absolute Gasteiger partial charge is 0.416 e.